The Hall–Kier alpha value is -1.59. The molecule has 1 aromatic carbocycles. The number of methoxy groups -OCH3 is 1. The molecule has 0 saturated carbocycles. The van der Waals surface area contributed by atoms with E-state index < -0.39 is 0 Å². The summed E-state index contributed by atoms with van der Waals surface area (Å²) in [6.45, 7) is 12.1. The lowest BCUT2D eigenvalue weighted by Gasteiger charge is -2.27. The summed E-state index contributed by atoms with van der Waals surface area (Å²) >= 11 is 0. The van der Waals surface area contributed by atoms with E-state index in [9.17, 15) is 4.79 Å². The van der Waals surface area contributed by atoms with Crippen molar-refractivity contribution >= 4 is 5.97 Å². The topological polar surface area (TPSA) is 70.8 Å². The van der Waals surface area contributed by atoms with Gasteiger partial charge < -0.3 is 19.9 Å². The molecule has 1 aromatic rings. The second kappa shape index (κ2) is 11.7. The first-order valence-corrected chi connectivity index (χ1v) is 11.4. The molecule has 170 valence electrons. The molecule has 1 aliphatic rings. The van der Waals surface area contributed by atoms with Crippen molar-refractivity contribution in [2.45, 2.75) is 72.4 Å². The molecule has 2 N–H and O–H groups in total. The minimum atomic E-state index is -0.163. The van der Waals surface area contributed by atoms with Gasteiger partial charge in [0.25, 0.3) is 0 Å². The van der Waals surface area contributed by atoms with Crippen LogP contribution < -0.4 is 10.5 Å². The van der Waals surface area contributed by atoms with E-state index in [1.54, 1.807) is 7.11 Å². The molecule has 1 saturated heterocycles. The van der Waals surface area contributed by atoms with Crippen molar-refractivity contribution in [1.82, 2.24) is 0 Å². The molecule has 30 heavy (non-hydrogen) atoms. The highest BCUT2D eigenvalue weighted by Crippen LogP contribution is 2.32. The minimum absolute atomic E-state index is 0.0199. The third kappa shape index (κ3) is 6.98. The Kier molecular flexibility index (Phi) is 9.63. The number of benzene rings is 1. The molecule has 1 aliphatic heterocycles. The first-order chi connectivity index (χ1) is 14.2. The molecular weight excluding hydrogens is 378 g/mol. The van der Waals surface area contributed by atoms with Crippen LogP contribution in [-0.4, -0.2) is 38.4 Å². The van der Waals surface area contributed by atoms with Gasteiger partial charge in [-0.1, -0.05) is 39.8 Å². The van der Waals surface area contributed by atoms with E-state index in [-0.39, 0.29) is 24.0 Å². The van der Waals surface area contributed by atoms with Crippen molar-refractivity contribution in [3.05, 3.63) is 29.3 Å². The van der Waals surface area contributed by atoms with Crippen molar-refractivity contribution in [1.29, 1.82) is 0 Å². The first kappa shape index (κ1) is 24.7. The maximum Gasteiger partial charge on any atom is 0.309 e. The number of rotatable bonds is 12. The number of hydrogen-bond donors (Lipinski definition) is 1. The normalized spacial score (nSPS) is 21.2. The summed E-state index contributed by atoms with van der Waals surface area (Å²) in [5.74, 6) is 2.04. The molecule has 0 aliphatic carbocycles. The maximum absolute atomic E-state index is 12.1. The molecule has 0 aromatic heterocycles. The Balaban J connectivity index is 1.99. The van der Waals surface area contributed by atoms with Crippen LogP contribution in [0.4, 0.5) is 0 Å². The summed E-state index contributed by atoms with van der Waals surface area (Å²) < 4.78 is 16.7. The predicted molar refractivity (Wildman–Crippen MR) is 121 cm³/mol. The number of esters is 1. The number of ether oxygens (including phenoxy) is 3. The molecule has 4 atom stereocenters. The van der Waals surface area contributed by atoms with Gasteiger partial charge in [-0.25, -0.2) is 0 Å². The summed E-state index contributed by atoms with van der Waals surface area (Å²) in [7, 11) is 1.71. The van der Waals surface area contributed by atoms with Gasteiger partial charge in [0.1, 0.15) is 11.9 Å². The lowest BCUT2D eigenvalue weighted by atomic mass is 9.82. The van der Waals surface area contributed by atoms with Crippen LogP contribution in [0.15, 0.2) is 18.2 Å². The predicted octanol–water partition coefficient (Wildman–Crippen LogP) is 4.53. The standard InChI is InChI=1S/C25H41NO4/c1-16(2)20(14-22(26)24-15-21(17(3)4)25(27)30-24)12-19-9-8-18(5)23(13-19)29-11-7-10-28-6/h8-9,13,16-17,20-22,24H,7,10-12,14-15,26H2,1-6H3. The molecule has 0 amide bonds. The molecule has 0 spiro atoms. The highest BCUT2D eigenvalue weighted by molar-refractivity contribution is 5.75. The number of carbonyl (C=O) groups excluding carboxylic acids is 1. The van der Waals surface area contributed by atoms with Gasteiger partial charge in [0.2, 0.25) is 0 Å². The van der Waals surface area contributed by atoms with Gasteiger partial charge in [-0.2, -0.15) is 0 Å². The highest BCUT2D eigenvalue weighted by Gasteiger charge is 2.39. The fraction of sp³-hybridized carbons (Fsp3) is 0.720. The van der Waals surface area contributed by atoms with Crippen LogP contribution in [0.2, 0.25) is 0 Å². The molecular formula is C25H41NO4. The largest absolute Gasteiger partial charge is 0.493 e. The van der Waals surface area contributed by atoms with Crippen LogP contribution in [0.1, 0.15) is 58.1 Å². The van der Waals surface area contributed by atoms with Crippen LogP contribution in [0, 0.1) is 30.6 Å². The van der Waals surface area contributed by atoms with Crippen LogP contribution in [-0.2, 0) is 20.7 Å². The average molecular weight is 420 g/mol. The Morgan fingerprint density at radius 1 is 1.20 bits per heavy atom. The van der Waals surface area contributed by atoms with Crippen LogP contribution >= 0.6 is 0 Å². The van der Waals surface area contributed by atoms with E-state index in [4.69, 9.17) is 19.9 Å². The molecule has 0 radical (unpaired) electrons. The van der Waals surface area contributed by atoms with Gasteiger partial charge >= 0.3 is 5.97 Å². The van der Waals surface area contributed by atoms with Crippen molar-refractivity contribution in [3.8, 4) is 5.75 Å². The Bertz CT molecular complexity index is 673. The van der Waals surface area contributed by atoms with E-state index in [0.29, 0.717) is 31.0 Å². The van der Waals surface area contributed by atoms with Gasteiger partial charge in [-0.15, -0.1) is 0 Å². The van der Waals surface area contributed by atoms with Crippen molar-refractivity contribution in [2.75, 3.05) is 20.3 Å². The fourth-order valence-corrected chi connectivity index (χ4v) is 4.15. The van der Waals surface area contributed by atoms with E-state index in [2.05, 4.69) is 52.8 Å². The highest BCUT2D eigenvalue weighted by atomic mass is 16.6. The average Bonchev–Trinajstić information content (AvgIpc) is 3.09. The lowest BCUT2D eigenvalue weighted by Crippen LogP contribution is -2.37. The summed E-state index contributed by atoms with van der Waals surface area (Å²) in [5.41, 5.74) is 8.94. The van der Waals surface area contributed by atoms with Crippen LogP contribution in [0.3, 0.4) is 0 Å². The van der Waals surface area contributed by atoms with Gasteiger partial charge in [0, 0.05) is 26.2 Å². The number of aryl methyl sites for hydroxylation is 1. The first-order valence-electron chi connectivity index (χ1n) is 11.4. The lowest BCUT2D eigenvalue weighted by molar-refractivity contribution is -0.146. The quantitative estimate of drug-likeness (QED) is 0.398. The molecule has 4 unspecified atom stereocenters. The van der Waals surface area contributed by atoms with Gasteiger partial charge in [-0.3, -0.25) is 4.79 Å². The number of carbonyl (C=O) groups is 1. The smallest absolute Gasteiger partial charge is 0.309 e. The van der Waals surface area contributed by atoms with Crippen molar-refractivity contribution in [3.63, 3.8) is 0 Å². The molecule has 5 nitrogen and oxygen atoms in total. The Morgan fingerprint density at radius 2 is 1.93 bits per heavy atom. The molecule has 0 bridgehead atoms. The Labute approximate surface area is 182 Å². The fourth-order valence-electron chi connectivity index (χ4n) is 4.15. The summed E-state index contributed by atoms with van der Waals surface area (Å²) in [6, 6.07) is 6.35. The SMILES string of the molecule is COCCCOc1cc(CC(CC(N)C2CC(C(C)C)C(=O)O2)C(C)C)ccc1C. The second-order valence-corrected chi connectivity index (χ2v) is 9.46. The van der Waals surface area contributed by atoms with Gasteiger partial charge in [0.15, 0.2) is 0 Å². The number of cyclic esters (lactones) is 1. The monoisotopic (exact) mass is 419 g/mol. The maximum atomic E-state index is 12.1. The minimum Gasteiger partial charge on any atom is -0.493 e. The zero-order valence-corrected chi connectivity index (χ0v) is 19.6. The molecule has 5 heteroatoms. The molecule has 1 fully saturated rings. The third-order valence-corrected chi connectivity index (χ3v) is 6.36. The Morgan fingerprint density at radius 3 is 2.53 bits per heavy atom. The second-order valence-electron chi connectivity index (χ2n) is 9.46. The number of nitrogens with two attached hydrogens (primary N) is 1. The summed E-state index contributed by atoms with van der Waals surface area (Å²) in [6.07, 6.45) is 3.24. The van der Waals surface area contributed by atoms with E-state index in [1.165, 1.54) is 5.56 Å². The van der Waals surface area contributed by atoms with Crippen molar-refractivity contribution < 1.29 is 19.0 Å². The van der Waals surface area contributed by atoms with Gasteiger partial charge in [-0.05, 0) is 61.1 Å². The summed E-state index contributed by atoms with van der Waals surface area (Å²) in [5, 5.41) is 0. The summed E-state index contributed by atoms with van der Waals surface area (Å²) in [4.78, 5) is 12.1. The molecule has 1 heterocycles. The molecule has 2 rings (SSSR count). The zero-order valence-electron chi connectivity index (χ0n) is 19.6. The number of hydrogen-bond acceptors (Lipinski definition) is 5. The van der Waals surface area contributed by atoms with Crippen LogP contribution in [0.25, 0.3) is 0 Å². The van der Waals surface area contributed by atoms with E-state index in [0.717, 1.165) is 37.0 Å². The van der Waals surface area contributed by atoms with E-state index in [1.807, 2.05) is 0 Å². The van der Waals surface area contributed by atoms with Crippen molar-refractivity contribution in [2.24, 2.45) is 29.4 Å². The zero-order chi connectivity index (χ0) is 22.3. The van der Waals surface area contributed by atoms with E-state index >= 15 is 0 Å². The van der Waals surface area contributed by atoms with Crippen LogP contribution in [0.5, 0.6) is 5.75 Å². The van der Waals surface area contributed by atoms with Gasteiger partial charge in [0.05, 0.1) is 12.5 Å². The third-order valence-electron chi connectivity index (χ3n) is 6.36.